The fraction of sp³-hybridized carbons (Fsp3) is 0.955. The molecule has 15 atom stereocenters. The summed E-state index contributed by atoms with van der Waals surface area (Å²) in [6, 6.07) is -4.19. The molecule has 3 saturated heterocycles. The first kappa shape index (κ1) is 51.8. The van der Waals surface area contributed by atoms with Gasteiger partial charge in [0.15, 0.2) is 12.4 Å². The first-order valence-electron chi connectivity index (χ1n) is 15.8. The zero-order valence-electron chi connectivity index (χ0n) is 29.4. The molecular weight excluding hydrogens is 933 g/mol. The van der Waals surface area contributed by atoms with Gasteiger partial charge >= 0.3 is 57.8 Å². The predicted octanol–water partition coefficient (Wildman–Crippen LogP) is -8.21. The van der Waals surface area contributed by atoms with E-state index < -0.39 is 182 Å². The molecule has 0 radical (unpaired) electrons. The Labute approximate surface area is 334 Å². The van der Waals surface area contributed by atoms with E-state index >= 15 is 0 Å². The van der Waals surface area contributed by atoms with Crippen LogP contribution in [0.25, 0.3) is 0 Å². The minimum absolute atomic E-state index is 0.727. The monoisotopic (exact) mass is 972 g/mol. The largest absolute Gasteiger partial charge is 0.479 e. The van der Waals surface area contributed by atoms with Crippen LogP contribution < -0.4 is 9.44 Å². The quantitative estimate of drug-likeness (QED) is 0.0475. The van der Waals surface area contributed by atoms with E-state index in [2.05, 4.69) is 12.5 Å². The molecule has 3 rings (SSSR count). The van der Waals surface area contributed by atoms with Crippen molar-refractivity contribution in [2.45, 2.75) is 85.5 Å². The number of carbonyl (C=O) groups is 1. The number of carboxylic acids is 1. The summed E-state index contributed by atoms with van der Waals surface area (Å²) in [6.07, 6.45) is -26.5. The van der Waals surface area contributed by atoms with Gasteiger partial charge in [0.1, 0.15) is 54.9 Å². The zero-order chi connectivity index (χ0) is 45.1. The highest BCUT2D eigenvalue weighted by atomic mass is 32.3. The van der Waals surface area contributed by atoms with Gasteiger partial charge in [0, 0.05) is 13.0 Å². The average Bonchev–Trinajstić information content (AvgIpc) is 3.05. The maximum atomic E-state index is 12.4. The SMILES string of the molecule is COC[C@H]1OC(COS(=O)(=O)O)[C@@H](O[C@@H]2OC(C(=O)O)[C@@H](COC[C@H]3OC(COS(=O)(=O)O)[C@@H](O)[C@@H](O)C3NS(=O)(=O)O)[C@@H](O)C2O)[C@@H](OS(=O)(=O)O)C1NS(=O)(=O)O. The van der Waals surface area contributed by atoms with Crippen molar-refractivity contribution in [2.24, 2.45) is 5.92 Å². The maximum absolute atomic E-state index is 12.4. The summed E-state index contributed by atoms with van der Waals surface area (Å²) in [5, 5.41) is 52.9. The number of aliphatic hydroxyl groups is 4. The van der Waals surface area contributed by atoms with Gasteiger partial charge in [-0.3, -0.25) is 22.8 Å². The first-order chi connectivity index (χ1) is 26.8. The van der Waals surface area contributed by atoms with Crippen LogP contribution in [0.2, 0.25) is 0 Å². The minimum atomic E-state index is -5.70. The van der Waals surface area contributed by atoms with Crippen LogP contribution in [-0.4, -0.2) is 222 Å². The second-order valence-electron chi connectivity index (χ2n) is 12.6. The number of hydrogen-bond donors (Lipinski definition) is 12. The van der Waals surface area contributed by atoms with Crippen molar-refractivity contribution < 1.29 is 136 Å². The standard InChI is InChI=1S/C22H40N2O30S5/c1-46-3-8-13(24-56(34,35)36)20(54-59(43,44)45)19(11(51-8)6-49-58(40,41)42)53-22-17(28)14(25)7(18(52-22)21(29)30)2-47-4-9-12(23-55(31,32)33)16(27)15(26)10(50-9)5-48-57(37,38)39/h7-20,22-28H,2-6H2,1H3,(H,29,30)(H,31,32,33)(H,34,35,36)(H,37,38,39)(H,40,41,42)(H,43,44,45)/t7-,8+,9+,10?,11?,12?,13?,14+,15+,16-,17?,18?,19+,20-,22-/m0/s1. The highest BCUT2D eigenvalue weighted by molar-refractivity contribution is 7.84. The fourth-order valence-electron chi connectivity index (χ4n) is 6.07. The van der Waals surface area contributed by atoms with Gasteiger partial charge in [0.2, 0.25) is 0 Å². The number of carboxylic acid groups (broad SMARTS) is 1. The number of hydrogen-bond acceptors (Lipinski definition) is 24. The summed E-state index contributed by atoms with van der Waals surface area (Å²) in [6.45, 7) is -5.27. The summed E-state index contributed by atoms with van der Waals surface area (Å²) in [5.41, 5.74) is 0. The second kappa shape index (κ2) is 20.3. The first-order valence-corrected chi connectivity index (χ1v) is 22.8. The molecule has 12 N–H and O–H groups in total. The molecule has 59 heavy (non-hydrogen) atoms. The molecule has 37 heteroatoms. The van der Waals surface area contributed by atoms with Gasteiger partial charge in [-0.15, -0.1) is 0 Å². The number of aliphatic carboxylic acids is 1. The Bertz CT molecular complexity index is 1980. The summed E-state index contributed by atoms with van der Waals surface area (Å²) in [5.74, 6) is -3.85. The van der Waals surface area contributed by atoms with Crippen LogP contribution in [0.4, 0.5) is 0 Å². The van der Waals surface area contributed by atoms with Gasteiger partial charge in [0.05, 0.1) is 51.2 Å². The molecule has 0 saturated carbocycles. The van der Waals surface area contributed by atoms with Gasteiger partial charge in [-0.2, -0.15) is 51.5 Å². The van der Waals surface area contributed by atoms with E-state index in [1.165, 1.54) is 9.44 Å². The van der Waals surface area contributed by atoms with E-state index in [-0.39, 0.29) is 0 Å². The van der Waals surface area contributed by atoms with E-state index in [1.807, 2.05) is 0 Å². The third-order valence-corrected chi connectivity index (χ3v) is 10.9. The molecule has 0 amide bonds. The molecule has 0 spiro atoms. The number of methoxy groups -OCH3 is 1. The van der Waals surface area contributed by atoms with Gasteiger partial charge in [-0.25, -0.2) is 17.3 Å². The molecule has 348 valence electrons. The zero-order valence-corrected chi connectivity index (χ0v) is 33.5. The molecule has 0 aliphatic carbocycles. The van der Waals surface area contributed by atoms with Gasteiger partial charge in [-0.1, -0.05) is 0 Å². The lowest BCUT2D eigenvalue weighted by Gasteiger charge is -2.48. The minimum Gasteiger partial charge on any atom is -0.479 e. The molecule has 32 nitrogen and oxygen atoms in total. The number of rotatable bonds is 21. The average molecular weight is 973 g/mol. The van der Waals surface area contributed by atoms with E-state index in [9.17, 15) is 86.1 Å². The van der Waals surface area contributed by atoms with Crippen molar-refractivity contribution in [2.75, 3.05) is 40.1 Å². The fourth-order valence-corrected chi connectivity index (χ4v) is 8.46. The number of aliphatic hydroxyl groups excluding tert-OH is 4. The lowest BCUT2D eigenvalue weighted by molar-refractivity contribution is -0.326. The Morgan fingerprint density at radius 3 is 1.58 bits per heavy atom. The van der Waals surface area contributed by atoms with Crippen molar-refractivity contribution in [3.63, 3.8) is 0 Å². The van der Waals surface area contributed by atoms with Crippen molar-refractivity contribution in [1.82, 2.24) is 9.44 Å². The van der Waals surface area contributed by atoms with Crippen molar-refractivity contribution in [1.29, 1.82) is 0 Å². The highest BCUT2D eigenvalue weighted by Crippen LogP contribution is 2.34. The van der Waals surface area contributed by atoms with Crippen molar-refractivity contribution in [3.8, 4) is 0 Å². The highest BCUT2D eigenvalue weighted by Gasteiger charge is 2.55. The molecule has 0 bridgehead atoms. The van der Waals surface area contributed by atoms with E-state index in [0.29, 0.717) is 0 Å². The van der Waals surface area contributed by atoms with Crippen molar-refractivity contribution >= 4 is 57.8 Å². The van der Waals surface area contributed by atoms with E-state index in [4.69, 9.17) is 37.5 Å². The summed E-state index contributed by atoms with van der Waals surface area (Å²) in [7, 11) is -25.8. The van der Waals surface area contributed by atoms with Crippen LogP contribution in [0.15, 0.2) is 0 Å². The van der Waals surface area contributed by atoms with Gasteiger partial charge < -0.3 is 54.0 Å². The van der Waals surface area contributed by atoms with Crippen molar-refractivity contribution in [3.05, 3.63) is 0 Å². The molecular formula is C22H40N2O30S5. The second-order valence-corrected chi connectivity index (χ2v) is 18.2. The molecule has 3 heterocycles. The topological polar surface area (TPSA) is 497 Å². The molecule has 0 aromatic heterocycles. The summed E-state index contributed by atoms with van der Waals surface area (Å²) in [4.78, 5) is 12.4. The Morgan fingerprint density at radius 2 is 1.08 bits per heavy atom. The number of nitrogens with one attached hydrogen (secondary N) is 2. The molecule has 3 fully saturated rings. The van der Waals surface area contributed by atoms with Crippen LogP contribution >= 0.6 is 0 Å². The van der Waals surface area contributed by atoms with Crippen LogP contribution in [0, 0.1) is 5.92 Å². The molecule has 3 aliphatic rings. The Hall–Kier alpha value is -1.58. The molecule has 0 aromatic rings. The van der Waals surface area contributed by atoms with Gasteiger partial charge in [0.25, 0.3) is 0 Å². The van der Waals surface area contributed by atoms with Crippen LogP contribution in [0.1, 0.15) is 0 Å². The third kappa shape index (κ3) is 15.9. The van der Waals surface area contributed by atoms with Crippen LogP contribution in [0.3, 0.4) is 0 Å². The third-order valence-electron chi connectivity index (χ3n) is 8.40. The summed E-state index contributed by atoms with van der Waals surface area (Å²) >= 11 is 0. The van der Waals surface area contributed by atoms with E-state index in [1.54, 1.807) is 0 Å². The lowest BCUT2D eigenvalue weighted by atomic mass is 9.89. The Morgan fingerprint density at radius 1 is 0.576 bits per heavy atom. The maximum Gasteiger partial charge on any atom is 0.397 e. The summed E-state index contributed by atoms with van der Waals surface area (Å²) < 4.78 is 210. The normalized spacial score (nSPS) is 36.6. The Kier molecular flexibility index (Phi) is 17.8. The van der Waals surface area contributed by atoms with Gasteiger partial charge in [-0.05, 0) is 0 Å². The number of ether oxygens (including phenoxy) is 6. The predicted molar refractivity (Wildman–Crippen MR) is 177 cm³/mol. The lowest BCUT2D eigenvalue weighted by Crippen LogP contribution is -2.68. The van der Waals surface area contributed by atoms with Crippen LogP contribution in [0.5, 0.6) is 0 Å². The smallest absolute Gasteiger partial charge is 0.397 e. The molecule has 6 unspecified atom stereocenters. The van der Waals surface area contributed by atoms with Crippen LogP contribution in [-0.2, 0) is 97.6 Å². The molecule has 3 aliphatic heterocycles. The van der Waals surface area contributed by atoms with E-state index in [0.717, 1.165) is 7.11 Å². The molecule has 0 aromatic carbocycles. The Balaban J connectivity index is 1.93.